The third-order valence-electron chi connectivity index (χ3n) is 4.66. The summed E-state index contributed by atoms with van der Waals surface area (Å²) in [4.78, 5) is 4.91. The summed E-state index contributed by atoms with van der Waals surface area (Å²) in [6.45, 7) is 1.95. The largest absolute Gasteiger partial charge is 0.383 e. The minimum Gasteiger partial charge on any atom is -0.383 e. The van der Waals surface area contributed by atoms with Crippen LogP contribution in [0.25, 0.3) is 16.8 Å². The van der Waals surface area contributed by atoms with E-state index in [9.17, 15) is 0 Å². The van der Waals surface area contributed by atoms with Crippen LogP contribution in [0.15, 0.2) is 34.9 Å². The van der Waals surface area contributed by atoms with Gasteiger partial charge in [-0.25, -0.2) is 4.98 Å². The van der Waals surface area contributed by atoms with Crippen molar-refractivity contribution in [3.8, 4) is 17.2 Å². The van der Waals surface area contributed by atoms with Gasteiger partial charge in [0.25, 0.3) is 0 Å². The molecule has 1 unspecified atom stereocenters. The number of nitrogens with one attached hydrogen (secondary N) is 1. The van der Waals surface area contributed by atoms with Crippen LogP contribution in [0.5, 0.6) is 0 Å². The molecule has 1 atom stereocenters. The van der Waals surface area contributed by atoms with Crippen LogP contribution in [-0.4, -0.2) is 27.7 Å². The molecule has 1 fully saturated rings. The van der Waals surface area contributed by atoms with Crippen LogP contribution in [-0.2, 0) is 0 Å². The Morgan fingerprint density at radius 2 is 2.12 bits per heavy atom. The second-order valence-electron chi connectivity index (χ2n) is 6.22. The fourth-order valence-electron chi connectivity index (χ4n) is 3.30. The average Bonchev–Trinajstić information content (AvgIpc) is 3.09. The molecule has 3 heterocycles. The normalized spacial score (nSPS) is 17.5. The fraction of sp³-hybridized carbons (Fsp3) is 0.278. The van der Waals surface area contributed by atoms with Gasteiger partial charge in [0.05, 0.1) is 28.0 Å². The van der Waals surface area contributed by atoms with Gasteiger partial charge >= 0.3 is 0 Å². The maximum absolute atomic E-state index is 8.97. The Kier molecular flexibility index (Phi) is 4.15. The number of hydrogen-bond acceptors (Lipinski definition) is 5. The van der Waals surface area contributed by atoms with E-state index in [0.717, 1.165) is 52.9 Å². The Balaban J connectivity index is 1.86. The van der Waals surface area contributed by atoms with Crippen LogP contribution in [0.4, 0.5) is 5.82 Å². The minimum atomic E-state index is 0.333. The smallest absolute Gasteiger partial charge is 0.165 e. The van der Waals surface area contributed by atoms with E-state index in [-0.39, 0.29) is 0 Å². The molecule has 0 aliphatic carbocycles. The first-order valence-corrected chi connectivity index (χ1v) is 9.02. The zero-order chi connectivity index (χ0) is 17.4. The van der Waals surface area contributed by atoms with Crippen molar-refractivity contribution in [2.24, 2.45) is 0 Å². The molecule has 0 spiro atoms. The minimum absolute atomic E-state index is 0.333. The molecule has 1 aliphatic heterocycles. The highest BCUT2D eigenvalue weighted by molar-refractivity contribution is 9.10. The molecule has 126 valence electrons. The molecule has 2 aromatic heterocycles. The van der Waals surface area contributed by atoms with Crippen LogP contribution in [0.3, 0.4) is 0 Å². The van der Waals surface area contributed by atoms with Crippen LogP contribution < -0.4 is 11.1 Å². The lowest BCUT2D eigenvalue weighted by Gasteiger charge is -2.23. The van der Waals surface area contributed by atoms with Crippen molar-refractivity contribution in [1.82, 2.24) is 19.9 Å². The van der Waals surface area contributed by atoms with E-state index in [1.165, 1.54) is 0 Å². The van der Waals surface area contributed by atoms with Crippen molar-refractivity contribution < 1.29 is 0 Å². The molecule has 0 bridgehead atoms. The number of nitrogens with two attached hydrogens (primary N) is 1. The standard InChI is InChI=1S/C18H17BrN6/c19-15-16(13-2-1-7-22-9-13)24-18-14(10-23-25(18)17(15)21)12-5-3-11(8-20)4-6-12/h3-6,10,13,22H,1-2,7,9,21H2. The van der Waals surface area contributed by atoms with Crippen molar-refractivity contribution in [3.63, 3.8) is 0 Å². The number of fused-ring (bicyclic) bond motifs is 1. The number of hydrogen-bond donors (Lipinski definition) is 2. The van der Waals surface area contributed by atoms with Crippen molar-refractivity contribution in [1.29, 1.82) is 5.26 Å². The number of halogens is 1. The SMILES string of the molecule is N#Cc1ccc(-c2cnn3c(N)c(Br)c(C4CCCNC4)nc23)cc1. The first-order valence-electron chi connectivity index (χ1n) is 8.23. The van der Waals surface area contributed by atoms with Gasteiger partial charge in [-0.2, -0.15) is 14.9 Å². The number of piperidine rings is 1. The van der Waals surface area contributed by atoms with Gasteiger partial charge in [-0.15, -0.1) is 0 Å². The predicted molar refractivity (Wildman–Crippen MR) is 100 cm³/mol. The Morgan fingerprint density at radius 3 is 2.80 bits per heavy atom. The van der Waals surface area contributed by atoms with E-state index in [1.807, 2.05) is 12.1 Å². The van der Waals surface area contributed by atoms with Crippen LogP contribution >= 0.6 is 15.9 Å². The van der Waals surface area contributed by atoms with Crippen LogP contribution in [0.1, 0.15) is 30.0 Å². The number of anilines is 1. The summed E-state index contributed by atoms with van der Waals surface area (Å²) in [5.74, 6) is 0.893. The summed E-state index contributed by atoms with van der Waals surface area (Å²) in [6.07, 6.45) is 4.00. The number of rotatable bonds is 2. The van der Waals surface area contributed by atoms with E-state index in [4.69, 9.17) is 16.0 Å². The molecule has 4 rings (SSSR count). The lowest BCUT2D eigenvalue weighted by molar-refractivity contribution is 0.453. The van der Waals surface area contributed by atoms with Gasteiger partial charge < -0.3 is 11.1 Å². The molecule has 7 heteroatoms. The zero-order valence-corrected chi connectivity index (χ0v) is 15.1. The summed E-state index contributed by atoms with van der Waals surface area (Å²) in [7, 11) is 0. The lowest BCUT2D eigenvalue weighted by atomic mass is 9.96. The number of nitriles is 1. The van der Waals surface area contributed by atoms with Gasteiger partial charge in [-0.1, -0.05) is 12.1 Å². The molecule has 0 saturated carbocycles. The molecular weight excluding hydrogens is 380 g/mol. The molecule has 3 N–H and O–H groups in total. The van der Waals surface area contributed by atoms with Crippen LogP contribution in [0.2, 0.25) is 0 Å². The zero-order valence-electron chi connectivity index (χ0n) is 13.5. The highest BCUT2D eigenvalue weighted by Gasteiger charge is 2.23. The fourth-order valence-corrected chi connectivity index (χ4v) is 3.88. The van der Waals surface area contributed by atoms with Gasteiger partial charge in [-0.05, 0) is 53.0 Å². The lowest BCUT2D eigenvalue weighted by Crippen LogP contribution is -2.29. The average molecular weight is 397 g/mol. The maximum atomic E-state index is 8.97. The summed E-state index contributed by atoms with van der Waals surface area (Å²) in [5.41, 5.74) is 10.5. The highest BCUT2D eigenvalue weighted by Crippen LogP contribution is 2.35. The van der Waals surface area contributed by atoms with Crippen LogP contribution in [0, 0.1) is 11.3 Å². The van der Waals surface area contributed by atoms with E-state index in [2.05, 4.69) is 32.4 Å². The summed E-state index contributed by atoms with van der Waals surface area (Å²) >= 11 is 3.61. The van der Waals surface area contributed by atoms with E-state index in [1.54, 1.807) is 22.8 Å². The Hall–Kier alpha value is -2.43. The van der Waals surface area contributed by atoms with E-state index in [0.29, 0.717) is 17.3 Å². The number of aromatic nitrogens is 3. The number of benzene rings is 1. The van der Waals surface area contributed by atoms with Gasteiger partial charge in [0.15, 0.2) is 5.65 Å². The molecular formula is C18H17BrN6. The monoisotopic (exact) mass is 396 g/mol. The number of nitrogens with zero attached hydrogens (tertiary/aromatic N) is 4. The second-order valence-corrected chi connectivity index (χ2v) is 7.02. The molecule has 1 saturated heterocycles. The Labute approximate surface area is 153 Å². The Bertz CT molecular complexity index is 964. The number of nitrogen functional groups attached to an aromatic ring is 1. The molecule has 25 heavy (non-hydrogen) atoms. The van der Waals surface area contributed by atoms with Gasteiger partial charge in [-0.3, -0.25) is 0 Å². The molecule has 3 aromatic rings. The third kappa shape index (κ3) is 2.77. The third-order valence-corrected chi connectivity index (χ3v) is 5.47. The van der Waals surface area contributed by atoms with Crippen molar-refractivity contribution in [2.75, 3.05) is 18.8 Å². The van der Waals surface area contributed by atoms with Crippen molar-refractivity contribution >= 4 is 27.4 Å². The van der Waals surface area contributed by atoms with Gasteiger partial charge in [0.1, 0.15) is 5.82 Å². The van der Waals surface area contributed by atoms with E-state index >= 15 is 0 Å². The van der Waals surface area contributed by atoms with Gasteiger partial charge in [0.2, 0.25) is 0 Å². The predicted octanol–water partition coefficient (Wildman–Crippen LogP) is 3.08. The maximum Gasteiger partial charge on any atom is 0.165 e. The first-order chi connectivity index (χ1) is 12.2. The summed E-state index contributed by atoms with van der Waals surface area (Å²) in [6, 6.07) is 9.56. The highest BCUT2D eigenvalue weighted by atomic mass is 79.9. The van der Waals surface area contributed by atoms with Gasteiger partial charge in [0, 0.05) is 18.0 Å². The topological polar surface area (TPSA) is 92.0 Å². The second kappa shape index (κ2) is 6.47. The Morgan fingerprint density at radius 1 is 1.32 bits per heavy atom. The summed E-state index contributed by atoms with van der Waals surface area (Å²) < 4.78 is 2.49. The first kappa shape index (κ1) is 16.1. The van der Waals surface area contributed by atoms with E-state index < -0.39 is 0 Å². The molecule has 0 amide bonds. The molecule has 0 radical (unpaired) electrons. The quantitative estimate of drug-likeness (QED) is 0.694. The van der Waals surface area contributed by atoms with Crippen molar-refractivity contribution in [3.05, 3.63) is 46.2 Å². The molecule has 6 nitrogen and oxygen atoms in total. The summed E-state index contributed by atoms with van der Waals surface area (Å²) in [5, 5.41) is 16.8. The molecule has 1 aromatic carbocycles. The van der Waals surface area contributed by atoms with Crippen molar-refractivity contribution in [2.45, 2.75) is 18.8 Å². The molecule has 1 aliphatic rings.